The van der Waals surface area contributed by atoms with E-state index < -0.39 is 0 Å². The topological polar surface area (TPSA) is 106 Å². The largest absolute Gasteiger partial charge is 0.424 e. The number of carbonyl (C=O) groups excluding carboxylic acids is 1. The second-order valence-corrected chi connectivity index (χ2v) is 6.35. The van der Waals surface area contributed by atoms with E-state index in [1.54, 1.807) is 0 Å². The number of nitriles is 1. The Morgan fingerprint density at radius 2 is 1.86 bits per heavy atom. The van der Waals surface area contributed by atoms with Crippen molar-refractivity contribution in [2.45, 2.75) is 25.7 Å². The molecule has 0 spiro atoms. The predicted molar refractivity (Wildman–Crippen MR) is 100 cm³/mol. The summed E-state index contributed by atoms with van der Waals surface area (Å²) in [5.41, 5.74) is 3.54. The van der Waals surface area contributed by atoms with Gasteiger partial charge < -0.3 is 8.94 Å². The van der Waals surface area contributed by atoms with Crippen LogP contribution in [0.4, 0.5) is 0 Å². The first-order valence-electron chi connectivity index (χ1n) is 8.86. The van der Waals surface area contributed by atoms with Crippen LogP contribution in [0.2, 0.25) is 0 Å². The molecule has 0 radical (unpaired) electrons. The number of fused-ring (bicyclic) bond motifs is 1. The number of nitrogens with zero attached hydrogens (tertiary/aromatic N) is 4. The van der Waals surface area contributed by atoms with Gasteiger partial charge in [0, 0.05) is 18.2 Å². The summed E-state index contributed by atoms with van der Waals surface area (Å²) < 4.78 is 11.0. The highest BCUT2D eigenvalue weighted by atomic mass is 16.5. The van der Waals surface area contributed by atoms with Crippen LogP contribution in [0.1, 0.15) is 30.3 Å². The second kappa shape index (κ2) is 7.84. The lowest BCUT2D eigenvalue weighted by atomic mass is 10.0. The van der Waals surface area contributed by atoms with Crippen LogP contribution in [0, 0.1) is 11.3 Å². The van der Waals surface area contributed by atoms with E-state index in [4.69, 9.17) is 14.2 Å². The molecule has 4 rings (SSSR count). The molecule has 0 aliphatic carbocycles. The predicted octanol–water partition coefficient (Wildman–Crippen LogP) is 3.88. The van der Waals surface area contributed by atoms with Crippen molar-refractivity contribution in [2.24, 2.45) is 0 Å². The number of hydrogen-bond donors (Lipinski definition) is 0. The highest BCUT2D eigenvalue weighted by molar-refractivity contribution is 5.85. The average molecular weight is 372 g/mol. The summed E-state index contributed by atoms with van der Waals surface area (Å²) in [4.78, 5) is 11.7. The summed E-state index contributed by atoms with van der Waals surface area (Å²) in [5.74, 6) is 0.509. The molecular formula is C21H16N4O3. The standard InChI is InChI=1S/C21H16N4O3/c22-10-4-7-16(26)12-20-23-24-21(27-20)13-18-17-11-15(8-9-19(17)28-25-18)14-5-2-1-3-6-14/h1-3,5-6,8-9,11H,4,7,12-13H2. The zero-order valence-corrected chi connectivity index (χ0v) is 15.0. The van der Waals surface area contributed by atoms with E-state index in [1.807, 2.05) is 54.6 Å². The lowest BCUT2D eigenvalue weighted by molar-refractivity contribution is -0.118. The van der Waals surface area contributed by atoms with Gasteiger partial charge in [-0.1, -0.05) is 41.6 Å². The molecule has 2 heterocycles. The van der Waals surface area contributed by atoms with Gasteiger partial charge in [0.15, 0.2) is 5.58 Å². The van der Waals surface area contributed by atoms with Crippen LogP contribution in [0.25, 0.3) is 22.1 Å². The van der Waals surface area contributed by atoms with Gasteiger partial charge in [-0.2, -0.15) is 5.26 Å². The Morgan fingerprint density at radius 1 is 1.04 bits per heavy atom. The van der Waals surface area contributed by atoms with E-state index in [2.05, 4.69) is 15.4 Å². The maximum atomic E-state index is 11.7. The third-order valence-corrected chi connectivity index (χ3v) is 4.34. The van der Waals surface area contributed by atoms with Crippen molar-refractivity contribution in [2.75, 3.05) is 0 Å². The van der Waals surface area contributed by atoms with Crippen LogP contribution in [0.3, 0.4) is 0 Å². The maximum absolute atomic E-state index is 11.7. The van der Waals surface area contributed by atoms with Gasteiger partial charge in [0.25, 0.3) is 0 Å². The van der Waals surface area contributed by atoms with E-state index >= 15 is 0 Å². The fraction of sp³-hybridized carbons (Fsp3) is 0.190. The minimum Gasteiger partial charge on any atom is -0.424 e. The molecule has 7 nitrogen and oxygen atoms in total. The van der Waals surface area contributed by atoms with Gasteiger partial charge in [0.05, 0.1) is 18.9 Å². The fourth-order valence-electron chi connectivity index (χ4n) is 2.95. The van der Waals surface area contributed by atoms with Crippen molar-refractivity contribution in [3.63, 3.8) is 0 Å². The van der Waals surface area contributed by atoms with Gasteiger partial charge in [-0.3, -0.25) is 4.79 Å². The molecule has 0 N–H and O–H groups in total. The van der Waals surface area contributed by atoms with E-state index in [0.29, 0.717) is 23.6 Å². The zero-order chi connectivity index (χ0) is 19.3. The van der Waals surface area contributed by atoms with Crippen molar-refractivity contribution in [3.8, 4) is 17.2 Å². The minimum atomic E-state index is -0.101. The van der Waals surface area contributed by atoms with Crippen LogP contribution in [-0.2, 0) is 17.6 Å². The van der Waals surface area contributed by atoms with E-state index in [9.17, 15) is 4.79 Å². The van der Waals surface area contributed by atoms with Crippen LogP contribution < -0.4 is 0 Å². The summed E-state index contributed by atoms with van der Waals surface area (Å²) in [6, 6.07) is 17.9. The van der Waals surface area contributed by atoms with Crippen molar-refractivity contribution in [1.29, 1.82) is 5.26 Å². The number of hydrogen-bond acceptors (Lipinski definition) is 7. The summed E-state index contributed by atoms with van der Waals surface area (Å²) in [7, 11) is 0. The van der Waals surface area contributed by atoms with Gasteiger partial charge >= 0.3 is 0 Å². The third-order valence-electron chi connectivity index (χ3n) is 4.34. The quantitative estimate of drug-likeness (QED) is 0.484. The Balaban J connectivity index is 1.54. The van der Waals surface area contributed by atoms with Crippen molar-refractivity contribution in [1.82, 2.24) is 15.4 Å². The van der Waals surface area contributed by atoms with E-state index in [-0.39, 0.29) is 30.9 Å². The van der Waals surface area contributed by atoms with Crippen molar-refractivity contribution in [3.05, 3.63) is 66.0 Å². The molecule has 0 bridgehead atoms. The first-order valence-corrected chi connectivity index (χ1v) is 8.86. The van der Waals surface area contributed by atoms with Gasteiger partial charge in [0.2, 0.25) is 11.8 Å². The third kappa shape index (κ3) is 3.81. The Bertz CT molecular complexity index is 1160. The van der Waals surface area contributed by atoms with Gasteiger partial charge in [0.1, 0.15) is 11.5 Å². The van der Waals surface area contributed by atoms with Gasteiger partial charge in [-0.25, -0.2) is 0 Å². The second-order valence-electron chi connectivity index (χ2n) is 6.35. The van der Waals surface area contributed by atoms with Crippen LogP contribution in [-0.4, -0.2) is 21.1 Å². The summed E-state index contributed by atoms with van der Waals surface area (Å²) >= 11 is 0. The summed E-state index contributed by atoms with van der Waals surface area (Å²) in [5, 5.41) is 21.5. The lowest BCUT2D eigenvalue weighted by Crippen LogP contribution is -2.02. The molecule has 7 heteroatoms. The minimum absolute atomic E-state index is 0.0341. The number of ketones is 1. The molecule has 0 atom stereocenters. The molecule has 138 valence electrons. The smallest absolute Gasteiger partial charge is 0.223 e. The summed E-state index contributed by atoms with van der Waals surface area (Å²) in [6.07, 6.45) is 0.718. The first kappa shape index (κ1) is 17.6. The highest BCUT2D eigenvalue weighted by Gasteiger charge is 2.16. The zero-order valence-electron chi connectivity index (χ0n) is 15.0. The number of aromatic nitrogens is 3. The van der Waals surface area contributed by atoms with Crippen molar-refractivity contribution >= 4 is 16.8 Å². The molecule has 0 amide bonds. The molecule has 0 saturated heterocycles. The molecular weight excluding hydrogens is 356 g/mol. The molecule has 0 saturated carbocycles. The molecule has 2 aromatic carbocycles. The number of rotatable bonds is 7. The molecule has 28 heavy (non-hydrogen) atoms. The van der Waals surface area contributed by atoms with Gasteiger partial charge in [-0.05, 0) is 23.3 Å². The average Bonchev–Trinajstić information content (AvgIpc) is 3.34. The Morgan fingerprint density at radius 3 is 2.68 bits per heavy atom. The first-order chi connectivity index (χ1) is 13.7. The van der Waals surface area contributed by atoms with E-state index in [1.165, 1.54) is 0 Å². The highest BCUT2D eigenvalue weighted by Crippen LogP contribution is 2.27. The van der Waals surface area contributed by atoms with Gasteiger partial charge in [-0.15, -0.1) is 10.2 Å². The Hall–Kier alpha value is -3.79. The molecule has 0 aliphatic heterocycles. The molecule has 2 aromatic heterocycles. The molecule has 0 fully saturated rings. The van der Waals surface area contributed by atoms with Crippen LogP contribution in [0.5, 0.6) is 0 Å². The molecule has 0 aliphatic rings. The summed E-state index contributed by atoms with van der Waals surface area (Å²) in [6.45, 7) is 0. The monoisotopic (exact) mass is 372 g/mol. The molecule has 4 aromatic rings. The maximum Gasteiger partial charge on any atom is 0.223 e. The fourth-order valence-corrected chi connectivity index (χ4v) is 2.95. The SMILES string of the molecule is N#CCCC(=O)Cc1nnc(Cc2noc3ccc(-c4ccccc4)cc23)o1. The van der Waals surface area contributed by atoms with Crippen LogP contribution >= 0.6 is 0 Å². The van der Waals surface area contributed by atoms with Crippen molar-refractivity contribution < 1.29 is 13.7 Å². The number of carbonyl (C=O) groups is 1. The Kier molecular flexibility index (Phi) is 4.93. The van der Waals surface area contributed by atoms with Crippen LogP contribution in [0.15, 0.2) is 57.5 Å². The number of Topliss-reactive ketones (excluding diaryl/α,β-unsaturated/α-hetero) is 1. The normalized spacial score (nSPS) is 10.8. The Labute approximate surface area is 160 Å². The van der Waals surface area contributed by atoms with E-state index in [0.717, 1.165) is 16.5 Å². The molecule has 0 unspecified atom stereocenters. The lowest BCUT2D eigenvalue weighted by Gasteiger charge is -2.01. The number of benzene rings is 2.